The molecule has 0 aliphatic carbocycles. The van der Waals surface area contributed by atoms with Crippen LogP contribution in [0.1, 0.15) is 56.9 Å². The predicted octanol–water partition coefficient (Wildman–Crippen LogP) is 7.39. The van der Waals surface area contributed by atoms with Gasteiger partial charge in [0.05, 0.1) is 12.6 Å². The Morgan fingerprint density at radius 1 is 1.03 bits per heavy atom. The van der Waals surface area contributed by atoms with E-state index in [1.54, 1.807) is 0 Å². The molecule has 1 aliphatic heterocycles. The first-order chi connectivity index (χ1) is 15.5. The van der Waals surface area contributed by atoms with Crippen LogP contribution in [0.5, 0.6) is 11.5 Å². The maximum absolute atomic E-state index is 6.87. The highest BCUT2D eigenvalue weighted by atomic mass is 16.5. The van der Waals surface area contributed by atoms with E-state index in [1.807, 2.05) is 6.33 Å². The van der Waals surface area contributed by atoms with E-state index in [2.05, 4.69) is 90.4 Å². The third-order valence-electron chi connectivity index (χ3n) is 6.68. The van der Waals surface area contributed by atoms with Gasteiger partial charge < -0.3 is 4.74 Å². The second kappa shape index (κ2) is 7.55. The molecule has 4 aromatic rings. The molecule has 0 amide bonds. The van der Waals surface area contributed by atoms with Crippen molar-refractivity contribution in [1.82, 2.24) is 4.98 Å². The first-order valence-corrected chi connectivity index (χ1v) is 12.1. The summed E-state index contributed by atoms with van der Waals surface area (Å²) in [5, 5.41) is 3.75. The second-order valence-corrected chi connectivity index (χ2v) is 11.5. The summed E-state index contributed by atoms with van der Waals surface area (Å²) in [4.78, 5) is 4.80. The van der Waals surface area contributed by atoms with E-state index in [-0.39, 0.29) is 5.41 Å². The average Bonchev–Trinajstić information content (AvgIpc) is 2.71. The summed E-state index contributed by atoms with van der Waals surface area (Å²) in [6, 6.07) is 11.3. The number of rotatable bonds is 3. The second-order valence-electron chi connectivity index (χ2n) is 11.5. The van der Waals surface area contributed by atoms with E-state index >= 15 is 0 Å². The SMILES string of the molecule is Cc1ccc2c(CC(C)(C)C)c3c(c(C)c2c1)-c1c2c(cc(CC(C)C)cc2nc[n+]1C)O3. The number of fused-ring (bicyclic) bond motifs is 3. The summed E-state index contributed by atoms with van der Waals surface area (Å²) in [5.41, 5.74) is 8.74. The van der Waals surface area contributed by atoms with Crippen molar-refractivity contribution in [1.29, 1.82) is 0 Å². The Kier molecular flexibility index (Phi) is 5.00. The van der Waals surface area contributed by atoms with Crippen molar-refractivity contribution >= 4 is 21.7 Å². The third-order valence-corrected chi connectivity index (χ3v) is 6.68. The highest BCUT2D eigenvalue weighted by Gasteiger charge is 2.33. The van der Waals surface area contributed by atoms with Gasteiger partial charge in [-0.15, -0.1) is 0 Å². The largest absolute Gasteiger partial charge is 0.455 e. The Labute approximate surface area is 197 Å². The van der Waals surface area contributed by atoms with Crippen molar-refractivity contribution in [2.75, 3.05) is 0 Å². The molecule has 0 fully saturated rings. The van der Waals surface area contributed by atoms with Gasteiger partial charge in [0.1, 0.15) is 16.9 Å². The lowest BCUT2D eigenvalue weighted by molar-refractivity contribution is -0.662. The Hall–Kier alpha value is -2.94. The summed E-state index contributed by atoms with van der Waals surface area (Å²) in [6.07, 6.45) is 3.93. The highest BCUT2D eigenvalue weighted by molar-refractivity contribution is 6.06. The van der Waals surface area contributed by atoms with Crippen LogP contribution in [-0.2, 0) is 19.9 Å². The van der Waals surface area contributed by atoms with Gasteiger partial charge >= 0.3 is 0 Å². The minimum absolute atomic E-state index is 0.139. The quantitative estimate of drug-likeness (QED) is 0.274. The fraction of sp³-hybridized carbons (Fsp3) is 0.400. The Morgan fingerprint density at radius 2 is 1.79 bits per heavy atom. The number of benzene rings is 3. The minimum Gasteiger partial charge on any atom is -0.455 e. The standard InChI is InChI=1S/C30H35N2O/c1-17(2)11-20-13-24-27-25(14-20)33-29-23(15-30(5,6)7)21-10-9-18(3)12-22(21)19(4)26(29)28(27)32(8)16-31-24/h9-10,12-14,16-17H,11,15H2,1-8H3/q+1. The van der Waals surface area contributed by atoms with Crippen molar-refractivity contribution < 1.29 is 9.30 Å². The molecule has 0 radical (unpaired) electrons. The van der Waals surface area contributed by atoms with Crippen LogP contribution in [0.4, 0.5) is 0 Å². The van der Waals surface area contributed by atoms with E-state index in [4.69, 9.17) is 9.72 Å². The van der Waals surface area contributed by atoms with Gasteiger partial charge in [0.2, 0.25) is 0 Å². The van der Waals surface area contributed by atoms with E-state index in [0.29, 0.717) is 5.92 Å². The van der Waals surface area contributed by atoms with Crippen molar-refractivity contribution in [2.24, 2.45) is 18.4 Å². The van der Waals surface area contributed by atoms with Gasteiger partial charge in [0.25, 0.3) is 6.33 Å². The van der Waals surface area contributed by atoms with Gasteiger partial charge in [-0.2, -0.15) is 0 Å². The van der Waals surface area contributed by atoms with E-state index in [1.165, 1.54) is 44.3 Å². The third kappa shape index (κ3) is 3.68. The number of aromatic nitrogens is 2. The molecule has 3 nitrogen and oxygen atoms in total. The molecule has 5 rings (SSSR count). The van der Waals surface area contributed by atoms with E-state index in [0.717, 1.165) is 35.2 Å². The monoisotopic (exact) mass is 439 g/mol. The maximum atomic E-state index is 6.87. The Balaban J connectivity index is 1.91. The molecule has 0 saturated heterocycles. The zero-order chi connectivity index (χ0) is 23.7. The topological polar surface area (TPSA) is 26.0 Å². The summed E-state index contributed by atoms with van der Waals surface area (Å²) < 4.78 is 9.04. The van der Waals surface area contributed by atoms with Crippen LogP contribution in [0.2, 0.25) is 0 Å². The molecule has 33 heavy (non-hydrogen) atoms. The molecule has 0 bridgehead atoms. The molecular formula is C30H35N2O+. The fourth-order valence-corrected chi connectivity index (χ4v) is 5.37. The van der Waals surface area contributed by atoms with E-state index < -0.39 is 0 Å². The van der Waals surface area contributed by atoms with Crippen molar-refractivity contribution in [2.45, 2.75) is 61.3 Å². The number of hydrogen-bond acceptors (Lipinski definition) is 2. The predicted molar refractivity (Wildman–Crippen MR) is 137 cm³/mol. The van der Waals surface area contributed by atoms with E-state index in [9.17, 15) is 0 Å². The molecule has 0 spiro atoms. The van der Waals surface area contributed by atoms with Crippen LogP contribution in [0.25, 0.3) is 32.9 Å². The van der Waals surface area contributed by atoms with Crippen molar-refractivity contribution in [3.63, 3.8) is 0 Å². The van der Waals surface area contributed by atoms with Crippen LogP contribution in [-0.4, -0.2) is 4.98 Å². The smallest absolute Gasteiger partial charge is 0.287 e. The molecule has 2 heterocycles. The van der Waals surface area contributed by atoms with Crippen LogP contribution < -0.4 is 9.30 Å². The molecule has 1 aliphatic rings. The minimum atomic E-state index is 0.139. The first kappa shape index (κ1) is 21.9. The number of nitrogens with zero attached hydrogens (tertiary/aromatic N) is 2. The van der Waals surface area contributed by atoms with Crippen LogP contribution in [0.3, 0.4) is 0 Å². The molecular weight excluding hydrogens is 404 g/mol. The number of hydrogen-bond donors (Lipinski definition) is 0. The molecule has 3 heteroatoms. The lowest BCUT2D eigenvalue weighted by Gasteiger charge is -2.28. The number of ether oxygens (including phenoxy) is 1. The summed E-state index contributed by atoms with van der Waals surface area (Å²) in [6.45, 7) is 15.9. The lowest BCUT2D eigenvalue weighted by atomic mass is 9.81. The van der Waals surface area contributed by atoms with Gasteiger partial charge in [0, 0.05) is 5.56 Å². The van der Waals surface area contributed by atoms with Gasteiger partial charge in [-0.1, -0.05) is 58.4 Å². The van der Waals surface area contributed by atoms with Crippen LogP contribution >= 0.6 is 0 Å². The summed E-state index contributed by atoms with van der Waals surface area (Å²) >= 11 is 0. The molecule has 1 aromatic heterocycles. The molecule has 170 valence electrons. The van der Waals surface area contributed by atoms with Crippen molar-refractivity contribution in [3.8, 4) is 22.8 Å². The van der Waals surface area contributed by atoms with Gasteiger partial charge in [-0.3, -0.25) is 0 Å². The lowest BCUT2D eigenvalue weighted by Crippen LogP contribution is -2.33. The number of aryl methyl sites for hydroxylation is 3. The summed E-state index contributed by atoms with van der Waals surface area (Å²) in [7, 11) is 2.10. The Bertz CT molecular complexity index is 1420. The van der Waals surface area contributed by atoms with Crippen LogP contribution in [0, 0.1) is 25.2 Å². The molecule has 0 atom stereocenters. The first-order valence-electron chi connectivity index (χ1n) is 12.1. The van der Waals surface area contributed by atoms with Gasteiger partial charge in [0.15, 0.2) is 11.2 Å². The zero-order valence-corrected chi connectivity index (χ0v) is 21.3. The van der Waals surface area contributed by atoms with Crippen LogP contribution in [0.15, 0.2) is 36.7 Å². The molecule has 3 aromatic carbocycles. The van der Waals surface area contributed by atoms with Gasteiger partial charge in [-0.25, -0.2) is 4.57 Å². The fourth-order valence-electron chi connectivity index (χ4n) is 5.37. The maximum Gasteiger partial charge on any atom is 0.287 e. The zero-order valence-electron chi connectivity index (χ0n) is 21.3. The highest BCUT2D eigenvalue weighted by Crippen LogP contribution is 2.51. The van der Waals surface area contributed by atoms with Gasteiger partial charge in [-0.05, 0) is 77.0 Å². The molecule has 0 N–H and O–H groups in total. The summed E-state index contributed by atoms with van der Waals surface area (Å²) in [5.74, 6) is 2.54. The average molecular weight is 440 g/mol. The van der Waals surface area contributed by atoms with Crippen molar-refractivity contribution in [3.05, 3.63) is 58.9 Å². The molecule has 0 saturated carbocycles. The Morgan fingerprint density at radius 3 is 2.48 bits per heavy atom. The normalized spacial score (nSPS) is 13.0. The molecule has 0 unspecified atom stereocenters.